The van der Waals surface area contributed by atoms with Gasteiger partial charge in [-0.25, -0.2) is 0 Å². The SMILES string of the molecule is CCC(CC)N=CC(=NN)c1ccc(N2CCN(c3ccc(Br)cc3)CC2)cc1. The van der Waals surface area contributed by atoms with Crippen molar-refractivity contribution in [3.63, 3.8) is 0 Å². The lowest BCUT2D eigenvalue weighted by molar-refractivity contribution is 0.635. The molecule has 6 heteroatoms. The Balaban J connectivity index is 1.61. The normalized spacial score (nSPS) is 15.5. The van der Waals surface area contributed by atoms with Gasteiger partial charge in [0.2, 0.25) is 0 Å². The number of hydrogen-bond acceptors (Lipinski definition) is 5. The van der Waals surface area contributed by atoms with Crippen molar-refractivity contribution in [2.24, 2.45) is 15.9 Å². The lowest BCUT2D eigenvalue weighted by atomic mass is 10.1. The summed E-state index contributed by atoms with van der Waals surface area (Å²) < 4.78 is 1.12. The maximum atomic E-state index is 5.61. The number of hydrazone groups is 1. The van der Waals surface area contributed by atoms with E-state index in [1.165, 1.54) is 11.4 Å². The molecule has 154 valence electrons. The van der Waals surface area contributed by atoms with E-state index in [0.717, 1.165) is 54.8 Å². The van der Waals surface area contributed by atoms with E-state index in [1.807, 2.05) is 6.21 Å². The predicted molar refractivity (Wildman–Crippen MR) is 129 cm³/mol. The number of piperazine rings is 1. The van der Waals surface area contributed by atoms with Gasteiger partial charge in [0.1, 0.15) is 5.71 Å². The van der Waals surface area contributed by atoms with Crippen LogP contribution in [0.2, 0.25) is 0 Å². The number of nitrogens with two attached hydrogens (primary N) is 1. The molecule has 2 aromatic rings. The van der Waals surface area contributed by atoms with Gasteiger partial charge in [-0.15, -0.1) is 0 Å². The fourth-order valence-corrected chi connectivity index (χ4v) is 3.84. The van der Waals surface area contributed by atoms with Gasteiger partial charge in [-0.3, -0.25) is 4.99 Å². The summed E-state index contributed by atoms with van der Waals surface area (Å²) in [6, 6.07) is 17.3. The standard InChI is InChI=1S/C23H30BrN5/c1-3-20(4-2)26-17-23(27-25)18-5-9-21(10-6-18)28-13-15-29(16-14-28)22-11-7-19(24)8-12-22/h5-12,17,20H,3-4,13-16,25H2,1-2H3. The lowest BCUT2D eigenvalue weighted by Crippen LogP contribution is -2.46. The Morgan fingerprint density at radius 1 is 0.931 bits per heavy atom. The summed E-state index contributed by atoms with van der Waals surface area (Å²) in [7, 11) is 0. The summed E-state index contributed by atoms with van der Waals surface area (Å²) in [5.74, 6) is 5.61. The van der Waals surface area contributed by atoms with Gasteiger partial charge in [-0.1, -0.05) is 41.9 Å². The van der Waals surface area contributed by atoms with Crippen LogP contribution < -0.4 is 15.6 Å². The van der Waals surface area contributed by atoms with E-state index in [4.69, 9.17) is 5.84 Å². The molecule has 1 aliphatic rings. The molecule has 1 fully saturated rings. The molecular weight excluding hydrogens is 426 g/mol. The fraction of sp³-hybridized carbons (Fsp3) is 0.391. The number of anilines is 2. The van der Waals surface area contributed by atoms with E-state index < -0.39 is 0 Å². The van der Waals surface area contributed by atoms with Gasteiger partial charge in [0.05, 0.1) is 0 Å². The Morgan fingerprint density at radius 2 is 1.41 bits per heavy atom. The predicted octanol–water partition coefficient (Wildman–Crippen LogP) is 4.70. The van der Waals surface area contributed by atoms with Crippen LogP contribution in [0.25, 0.3) is 0 Å². The molecule has 5 nitrogen and oxygen atoms in total. The highest BCUT2D eigenvalue weighted by Crippen LogP contribution is 2.22. The zero-order chi connectivity index (χ0) is 20.6. The molecule has 2 N–H and O–H groups in total. The summed E-state index contributed by atoms with van der Waals surface area (Å²) in [4.78, 5) is 9.47. The number of aliphatic imine (C=N–C) groups is 1. The average molecular weight is 456 g/mol. The highest BCUT2D eigenvalue weighted by Gasteiger charge is 2.17. The molecular formula is C23H30BrN5. The number of benzene rings is 2. The molecule has 0 amide bonds. The van der Waals surface area contributed by atoms with Crippen LogP contribution in [0.1, 0.15) is 32.3 Å². The first-order valence-corrected chi connectivity index (χ1v) is 11.1. The van der Waals surface area contributed by atoms with Crippen molar-refractivity contribution in [1.29, 1.82) is 0 Å². The first-order valence-electron chi connectivity index (χ1n) is 10.3. The van der Waals surface area contributed by atoms with Gasteiger partial charge in [-0.2, -0.15) is 5.10 Å². The molecule has 0 atom stereocenters. The monoisotopic (exact) mass is 455 g/mol. The minimum absolute atomic E-state index is 0.327. The Kier molecular flexibility index (Phi) is 7.69. The van der Waals surface area contributed by atoms with Crippen molar-refractivity contribution in [2.75, 3.05) is 36.0 Å². The molecule has 29 heavy (non-hydrogen) atoms. The number of halogens is 1. The molecule has 0 saturated carbocycles. The molecule has 0 aromatic heterocycles. The third-order valence-corrected chi connectivity index (χ3v) is 6.02. The number of rotatable bonds is 7. The van der Waals surface area contributed by atoms with E-state index in [2.05, 4.69) is 98.2 Å². The van der Waals surface area contributed by atoms with E-state index in [-0.39, 0.29) is 0 Å². The van der Waals surface area contributed by atoms with Crippen LogP contribution in [0.4, 0.5) is 11.4 Å². The second-order valence-electron chi connectivity index (χ2n) is 7.26. The van der Waals surface area contributed by atoms with Crippen LogP contribution in [0, 0.1) is 0 Å². The van der Waals surface area contributed by atoms with Gasteiger partial charge in [0.25, 0.3) is 0 Å². The maximum absolute atomic E-state index is 5.61. The third kappa shape index (κ3) is 5.60. The summed E-state index contributed by atoms with van der Waals surface area (Å²) in [5.41, 5.74) is 4.24. The van der Waals surface area contributed by atoms with E-state index >= 15 is 0 Å². The molecule has 1 aliphatic heterocycles. The van der Waals surface area contributed by atoms with Crippen molar-refractivity contribution < 1.29 is 0 Å². The second-order valence-corrected chi connectivity index (χ2v) is 8.18. The van der Waals surface area contributed by atoms with Gasteiger partial charge in [-0.05, 0) is 49.2 Å². The van der Waals surface area contributed by atoms with Gasteiger partial charge >= 0.3 is 0 Å². The van der Waals surface area contributed by atoms with Crippen molar-refractivity contribution in [2.45, 2.75) is 32.7 Å². The van der Waals surface area contributed by atoms with Crippen LogP contribution in [0.15, 0.2) is 63.1 Å². The Labute approximate surface area is 182 Å². The number of hydrogen-bond donors (Lipinski definition) is 1. The quantitative estimate of drug-likeness (QED) is 0.373. The largest absolute Gasteiger partial charge is 0.368 e. The molecule has 1 heterocycles. The Morgan fingerprint density at radius 3 is 1.86 bits per heavy atom. The van der Waals surface area contributed by atoms with Gasteiger partial charge in [0, 0.05) is 59.8 Å². The second kappa shape index (κ2) is 10.4. The lowest BCUT2D eigenvalue weighted by Gasteiger charge is -2.37. The Bertz CT molecular complexity index is 817. The van der Waals surface area contributed by atoms with E-state index in [9.17, 15) is 0 Å². The van der Waals surface area contributed by atoms with Crippen molar-refractivity contribution in [1.82, 2.24) is 0 Å². The molecule has 1 saturated heterocycles. The average Bonchev–Trinajstić information content (AvgIpc) is 2.78. The van der Waals surface area contributed by atoms with Crippen molar-refractivity contribution in [3.8, 4) is 0 Å². The molecule has 0 bridgehead atoms. The zero-order valence-corrected chi connectivity index (χ0v) is 18.8. The zero-order valence-electron chi connectivity index (χ0n) is 17.3. The highest BCUT2D eigenvalue weighted by atomic mass is 79.9. The fourth-order valence-electron chi connectivity index (χ4n) is 3.58. The first-order chi connectivity index (χ1) is 14.1. The van der Waals surface area contributed by atoms with Gasteiger partial charge in [0.15, 0.2) is 0 Å². The molecule has 0 spiro atoms. The van der Waals surface area contributed by atoms with Crippen LogP contribution in [0.3, 0.4) is 0 Å². The summed E-state index contributed by atoms with van der Waals surface area (Å²) in [6.45, 7) is 8.33. The molecule has 0 radical (unpaired) electrons. The van der Waals surface area contributed by atoms with Gasteiger partial charge < -0.3 is 15.6 Å². The van der Waals surface area contributed by atoms with E-state index in [1.54, 1.807) is 0 Å². The summed E-state index contributed by atoms with van der Waals surface area (Å²) in [6.07, 6.45) is 3.86. The van der Waals surface area contributed by atoms with Crippen molar-refractivity contribution in [3.05, 3.63) is 58.6 Å². The minimum Gasteiger partial charge on any atom is -0.368 e. The molecule has 3 rings (SSSR count). The maximum Gasteiger partial charge on any atom is 0.108 e. The Hall–Kier alpha value is -2.34. The molecule has 0 unspecified atom stereocenters. The smallest absolute Gasteiger partial charge is 0.108 e. The molecule has 0 aliphatic carbocycles. The molecule has 2 aromatic carbocycles. The summed E-state index contributed by atoms with van der Waals surface area (Å²) in [5, 5.41) is 3.93. The summed E-state index contributed by atoms with van der Waals surface area (Å²) >= 11 is 3.50. The van der Waals surface area contributed by atoms with Crippen LogP contribution in [-0.2, 0) is 0 Å². The van der Waals surface area contributed by atoms with E-state index in [0.29, 0.717) is 6.04 Å². The third-order valence-electron chi connectivity index (χ3n) is 5.49. The first kappa shape index (κ1) is 21.4. The van der Waals surface area contributed by atoms with Crippen molar-refractivity contribution >= 4 is 39.2 Å². The minimum atomic E-state index is 0.327. The highest BCUT2D eigenvalue weighted by molar-refractivity contribution is 9.10. The van der Waals surface area contributed by atoms with Crippen LogP contribution in [0.5, 0.6) is 0 Å². The van der Waals surface area contributed by atoms with Crippen LogP contribution >= 0.6 is 15.9 Å². The topological polar surface area (TPSA) is 57.2 Å². The number of nitrogens with zero attached hydrogens (tertiary/aromatic N) is 4. The van der Waals surface area contributed by atoms with Crippen LogP contribution in [-0.4, -0.2) is 44.1 Å².